The number of anilines is 1. The molecule has 0 atom stereocenters. The Balaban J connectivity index is 2.21. The molecule has 0 aliphatic heterocycles. The lowest BCUT2D eigenvalue weighted by molar-refractivity contribution is -0.136. The van der Waals surface area contributed by atoms with Crippen molar-refractivity contribution in [1.29, 1.82) is 0 Å². The van der Waals surface area contributed by atoms with Gasteiger partial charge < -0.3 is 25.2 Å². The summed E-state index contributed by atoms with van der Waals surface area (Å²) < 4.78 is 4.76. The number of nitrogens with one attached hydrogen (secondary N) is 1. The number of rotatable bonds is 9. The van der Waals surface area contributed by atoms with Gasteiger partial charge in [-0.1, -0.05) is 30.3 Å². The number of amides is 1. The Hall–Kier alpha value is -3.16. The van der Waals surface area contributed by atoms with Crippen molar-refractivity contribution in [3.8, 4) is 0 Å². The third kappa shape index (κ3) is 5.94. The molecular formula is C21H24N2O5. The van der Waals surface area contributed by atoms with E-state index < -0.39 is 11.9 Å². The summed E-state index contributed by atoms with van der Waals surface area (Å²) in [5.41, 5.74) is 1.96. The smallest absolute Gasteiger partial charge is 0.354 e. The third-order valence-electron chi connectivity index (χ3n) is 4.00. The van der Waals surface area contributed by atoms with E-state index in [4.69, 9.17) is 14.9 Å². The zero-order valence-corrected chi connectivity index (χ0v) is 15.7. The van der Waals surface area contributed by atoms with Gasteiger partial charge in [0.1, 0.15) is 5.70 Å². The fourth-order valence-corrected chi connectivity index (χ4v) is 2.60. The maximum atomic E-state index is 12.3. The van der Waals surface area contributed by atoms with Crippen molar-refractivity contribution in [2.45, 2.75) is 0 Å². The molecule has 28 heavy (non-hydrogen) atoms. The van der Waals surface area contributed by atoms with Gasteiger partial charge in [0.15, 0.2) is 0 Å². The minimum absolute atomic E-state index is 0.0201. The molecule has 0 bridgehead atoms. The normalized spacial score (nSPS) is 11.0. The molecule has 3 N–H and O–H groups in total. The van der Waals surface area contributed by atoms with Crippen molar-refractivity contribution in [2.75, 3.05) is 38.3 Å². The van der Waals surface area contributed by atoms with Crippen LogP contribution in [-0.2, 0) is 9.53 Å². The number of aliphatic hydroxyl groups excluding tert-OH is 2. The number of benzene rings is 2. The predicted octanol–water partition coefficient (Wildman–Crippen LogP) is 1.42. The summed E-state index contributed by atoms with van der Waals surface area (Å²) in [6.07, 6.45) is 1.53. The van der Waals surface area contributed by atoms with E-state index in [-0.39, 0.29) is 18.9 Å². The molecule has 0 aliphatic rings. The van der Waals surface area contributed by atoms with E-state index in [2.05, 4.69) is 5.32 Å². The number of carbonyl (C=O) groups is 2. The number of hydrogen-bond acceptors (Lipinski definition) is 6. The highest BCUT2D eigenvalue weighted by Gasteiger charge is 2.15. The minimum Gasteiger partial charge on any atom is -0.464 e. The summed E-state index contributed by atoms with van der Waals surface area (Å²) in [4.78, 5) is 26.2. The first-order valence-electron chi connectivity index (χ1n) is 8.82. The van der Waals surface area contributed by atoms with Crippen molar-refractivity contribution in [1.82, 2.24) is 5.32 Å². The van der Waals surface area contributed by atoms with E-state index in [0.29, 0.717) is 24.2 Å². The van der Waals surface area contributed by atoms with Gasteiger partial charge in [-0.2, -0.15) is 0 Å². The standard InChI is InChI=1S/C21H24N2O5/c1-28-21(27)19(22-20(26)17-5-3-2-4-6-17)15-16-7-9-18(10-8-16)23(11-13-24)12-14-25/h2-10,15,24-25H,11-14H2,1H3,(H,22,26)/b19-15-. The molecule has 0 aliphatic carbocycles. The Bertz CT molecular complexity index is 797. The number of aliphatic hydroxyl groups is 2. The van der Waals surface area contributed by atoms with Crippen LogP contribution in [0.4, 0.5) is 5.69 Å². The zero-order valence-electron chi connectivity index (χ0n) is 15.7. The molecular weight excluding hydrogens is 360 g/mol. The van der Waals surface area contributed by atoms with E-state index in [0.717, 1.165) is 5.69 Å². The van der Waals surface area contributed by atoms with Gasteiger partial charge in [-0.3, -0.25) is 4.79 Å². The average molecular weight is 384 g/mol. The van der Waals surface area contributed by atoms with Crippen LogP contribution in [0.25, 0.3) is 6.08 Å². The molecule has 0 saturated heterocycles. The summed E-state index contributed by atoms with van der Waals surface area (Å²) in [6, 6.07) is 15.7. The maximum Gasteiger partial charge on any atom is 0.354 e. The molecule has 0 heterocycles. The Kier molecular flexibility index (Phi) is 8.20. The number of esters is 1. The molecule has 2 rings (SSSR count). The monoisotopic (exact) mass is 384 g/mol. The molecule has 7 nitrogen and oxygen atoms in total. The zero-order chi connectivity index (χ0) is 20.4. The highest BCUT2D eigenvalue weighted by molar-refractivity contribution is 6.03. The van der Waals surface area contributed by atoms with Crippen molar-refractivity contribution >= 4 is 23.6 Å². The Labute approximate surface area is 163 Å². The van der Waals surface area contributed by atoms with Crippen LogP contribution < -0.4 is 10.2 Å². The van der Waals surface area contributed by atoms with Gasteiger partial charge in [-0.25, -0.2) is 4.79 Å². The summed E-state index contributed by atoms with van der Waals surface area (Å²) in [5, 5.41) is 20.9. The van der Waals surface area contributed by atoms with E-state index >= 15 is 0 Å². The molecule has 0 saturated carbocycles. The summed E-state index contributed by atoms with van der Waals surface area (Å²) >= 11 is 0. The first kappa shape index (κ1) is 21.1. The van der Waals surface area contributed by atoms with Gasteiger partial charge >= 0.3 is 5.97 Å². The van der Waals surface area contributed by atoms with E-state index in [9.17, 15) is 9.59 Å². The molecule has 2 aromatic rings. The van der Waals surface area contributed by atoms with Gasteiger partial charge in [-0.15, -0.1) is 0 Å². The maximum absolute atomic E-state index is 12.3. The number of hydrogen-bond donors (Lipinski definition) is 3. The molecule has 0 unspecified atom stereocenters. The molecule has 7 heteroatoms. The third-order valence-corrected chi connectivity index (χ3v) is 4.00. The molecule has 148 valence electrons. The molecule has 0 fully saturated rings. The second kappa shape index (κ2) is 10.9. The lowest BCUT2D eigenvalue weighted by Crippen LogP contribution is -2.29. The number of ether oxygens (including phenoxy) is 1. The van der Waals surface area contributed by atoms with Crippen LogP contribution in [0.3, 0.4) is 0 Å². The Morgan fingerprint density at radius 1 is 1.00 bits per heavy atom. The van der Waals surface area contributed by atoms with Crippen molar-refractivity contribution < 1.29 is 24.5 Å². The lowest BCUT2D eigenvalue weighted by Gasteiger charge is -2.23. The van der Waals surface area contributed by atoms with Crippen LogP contribution in [0.1, 0.15) is 15.9 Å². The number of carbonyl (C=O) groups excluding carboxylic acids is 2. The fraction of sp³-hybridized carbons (Fsp3) is 0.238. The van der Waals surface area contributed by atoms with Crippen LogP contribution in [0.5, 0.6) is 0 Å². The van der Waals surface area contributed by atoms with E-state index in [1.807, 2.05) is 17.0 Å². The minimum atomic E-state index is -0.657. The van der Waals surface area contributed by atoms with Gasteiger partial charge in [0, 0.05) is 24.3 Å². The summed E-state index contributed by atoms with van der Waals surface area (Å²) in [7, 11) is 1.25. The van der Waals surface area contributed by atoms with Crippen molar-refractivity contribution in [3.63, 3.8) is 0 Å². The summed E-state index contributed by atoms with van der Waals surface area (Å²) in [5.74, 6) is -1.07. The summed E-state index contributed by atoms with van der Waals surface area (Å²) in [6.45, 7) is 0.742. The largest absolute Gasteiger partial charge is 0.464 e. The molecule has 2 aromatic carbocycles. The van der Waals surface area contributed by atoms with Crippen LogP contribution in [0, 0.1) is 0 Å². The second-order valence-corrected chi connectivity index (χ2v) is 5.90. The van der Waals surface area contributed by atoms with Crippen molar-refractivity contribution in [3.05, 3.63) is 71.4 Å². The van der Waals surface area contributed by atoms with Gasteiger partial charge in [0.05, 0.1) is 20.3 Å². The predicted molar refractivity (Wildman–Crippen MR) is 107 cm³/mol. The number of nitrogens with zero attached hydrogens (tertiary/aromatic N) is 1. The van der Waals surface area contributed by atoms with E-state index in [1.165, 1.54) is 13.2 Å². The molecule has 0 radical (unpaired) electrons. The van der Waals surface area contributed by atoms with Crippen LogP contribution in [0.2, 0.25) is 0 Å². The van der Waals surface area contributed by atoms with E-state index in [1.54, 1.807) is 42.5 Å². The highest BCUT2D eigenvalue weighted by Crippen LogP contribution is 2.17. The first-order valence-corrected chi connectivity index (χ1v) is 8.82. The molecule has 0 spiro atoms. The van der Waals surface area contributed by atoms with Crippen LogP contribution in [0.15, 0.2) is 60.3 Å². The molecule has 1 amide bonds. The van der Waals surface area contributed by atoms with Crippen LogP contribution in [-0.4, -0.2) is 55.5 Å². The van der Waals surface area contributed by atoms with Gasteiger partial charge in [0.25, 0.3) is 5.91 Å². The first-order chi connectivity index (χ1) is 13.6. The SMILES string of the molecule is COC(=O)/C(=C/c1ccc(N(CCO)CCO)cc1)NC(=O)c1ccccc1. The van der Waals surface area contributed by atoms with Gasteiger partial charge in [0.2, 0.25) is 0 Å². The molecule has 0 aromatic heterocycles. The topological polar surface area (TPSA) is 99.1 Å². The lowest BCUT2D eigenvalue weighted by atomic mass is 10.1. The fourth-order valence-electron chi connectivity index (χ4n) is 2.60. The average Bonchev–Trinajstić information content (AvgIpc) is 2.73. The van der Waals surface area contributed by atoms with Gasteiger partial charge in [-0.05, 0) is 35.9 Å². The number of methoxy groups -OCH3 is 1. The Morgan fingerprint density at radius 3 is 2.14 bits per heavy atom. The van der Waals surface area contributed by atoms with Crippen LogP contribution >= 0.6 is 0 Å². The Morgan fingerprint density at radius 2 is 1.61 bits per heavy atom. The highest BCUT2D eigenvalue weighted by atomic mass is 16.5. The van der Waals surface area contributed by atoms with Crippen molar-refractivity contribution in [2.24, 2.45) is 0 Å². The second-order valence-electron chi connectivity index (χ2n) is 5.90. The quantitative estimate of drug-likeness (QED) is 0.447.